The van der Waals surface area contributed by atoms with Crippen LogP contribution in [0.5, 0.6) is 0 Å². The van der Waals surface area contributed by atoms with Gasteiger partial charge in [0.25, 0.3) is 23.6 Å². The molecule has 0 bridgehead atoms. The molecule has 35 heavy (non-hydrogen) atoms. The highest BCUT2D eigenvalue weighted by Crippen LogP contribution is 2.37. The highest BCUT2D eigenvalue weighted by atomic mass is 32.2. The number of piperidine rings is 1. The fourth-order valence-electron chi connectivity index (χ4n) is 3.95. The first-order valence-corrected chi connectivity index (χ1v) is 11.2. The number of imide groups is 2. The molecule has 2 heterocycles. The van der Waals surface area contributed by atoms with Crippen LogP contribution in [0.2, 0.25) is 0 Å². The molecule has 2 N–H and O–H groups in total. The Balaban J connectivity index is 1.45. The molecule has 8 nitrogen and oxygen atoms in total. The van der Waals surface area contributed by atoms with Crippen LogP contribution in [0.3, 0.4) is 0 Å². The lowest BCUT2D eigenvalue weighted by molar-refractivity contribution is -0.140. The third kappa shape index (κ3) is 4.78. The number of nitrogens with zero attached hydrogens (tertiary/aromatic N) is 1. The fraction of sp³-hybridized carbons (Fsp3) is 0.261. The summed E-state index contributed by atoms with van der Waals surface area (Å²) in [4.78, 5) is 63.1. The number of fused-ring (bicyclic) bond motifs is 1. The van der Waals surface area contributed by atoms with Crippen molar-refractivity contribution in [1.29, 1.82) is 0 Å². The Bertz CT molecular complexity index is 1260. The van der Waals surface area contributed by atoms with E-state index in [-0.39, 0.29) is 52.7 Å². The Morgan fingerprint density at radius 3 is 2.34 bits per heavy atom. The summed E-state index contributed by atoms with van der Waals surface area (Å²) in [5.74, 6) is -3.06. The van der Waals surface area contributed by atoms with Crippen molar-refractivity contribution in [2.24, 2.45) is 0 Å². The number of benzene rings is 2. The predicted octanol–water partition coefficient (Wildman–Crippen LogP) is 3.02. The van der Waals surface area contributed by atoms with Gasteiger partial charge >= 0.3 is 5.51 Å². The average Bonchev–Trinajstić information content (AvgIpc) is 3.04. The number of rotatable bonds is 5. The van der Waals surface area contributed by atoms with Crippen molar-refractivity contribution in [3.05, 3.63) is 64.7 Å². The van der Waals surface area contributed by atoms with Gasteiger partial charge in [-0.1, -0.05) is 6.07 Å². The molecule has 4 rings (SSSR count). The number of amides is 5. The quantitative estimate of drug-likeness (QED) is 0.477. The smallest absolute Gasteiger partial charge is 0.348 e. The van der Waals surface area contributed by atoms with Crippen LogP contribution in [0.15, 0.2) is 47.4 Å². The number of carbonyl (C=O) groups excluding carboxylic acids is 5. The van der Waals surface area contributed by atoms with E-state index in [1.54, 1.807) is 6.07 Å². The van der Waals surface area contributed by atoms with Crippen molar-refractivity contribution in [1.82, 2.24) is 15.5 Å². The van der Waals surface area contributed by atoms with Crippen LogP contribution < -0.4 is 10.6 Å². The zero-order valence-corrected chi connectivity index (χ0v) is 19.0. The summed E-state index contributed by atoms with van der Waals surface area (Å²) in [5, 5.41) is 4.78. The van der Waals surface area contributed by atoms with E-state index in [0.29, 0.717) is 5.56 Å². The maximum Gasteiger partial charge on any atom is 0.446 e. The van der Waals surface area contributed by atoms with Crippen molar-refractivity contribution in [3.8, 4) is 0 Å². The lowest BCUT2D eigenvalue weighted by Gasteiger charge is -2.38. The van der Waals surface area contributed by atoms with Gasteiger partial charge in [-0.25, -0.2) is 0 Å². The monoisotopic (exact) mass is 505 g/mol. The molecule has 1 atom stereocenters. The van der Waals surface area contributed by atoms with Gasteiger partial charge in [0.15, 0.2) is 0 Å². The molecule has 1 fully saturated rings. The third-order valence-corrected chi connectivity index (χ3v) is 6.57. The summed E-state index contributed by atoms with van der Waals surface area (Å²) < 4.78 is 37.3. The summed E-state index contributed by atoms with van der Waals surface area (Å²) in [5.41, 5.74) is -5.11. The van der Waals surface area contributed by atoms with Crippen LogP contribution in [0.4, 0.5) is 13.2 Å². The minimum atomic E-state index is -4.43. The van der Waals surface area contributed by atoms with E-state index in [4.69, 9.17) is 0 Å². The molecule has 2 aromatic rings. The number of halogens is 3. The molecule has 0 aromatic heterocycles. The van der Waals surface area contributed by atoms with E-state index >= 15 is 0 Å². The zero-order chi connectivity index (χ0) is 25.5. The molecule has 1 saturated heterocycles. The standard InChI is InChI=1S/C23H18F3N3O5S/c1-22(9-8-17(30)28-21(22)34)29-19(32)15-7-2-12(10-16(15)20(29)33)11-27-18(31)13-3-5-14(6-4-13)35-23(24,25)26/h2-7,10H,8-9,11H2,1H3,(H,27,31)(H,28,30,34). The Morgan fingerprint density at radius 1 is 1.06 bits per heavy atom. The van der Waals surface area contributed by atoms with Crippen molar-refractivity contribution in [2.45, 2.75) is 42.3 Å². The van der Waals surface area contributed by atoms with E-state index in [9.17, 15) is 37.1 Å². The van der Waals surface area contributed by atoms with Crippen molar-refractivity contribution >= 4 is 41.3 Å². The van der Waals surface area contributed by atoms with Gasteiger partial charge in [0.2, 0.25) is 5.91 Å². The number of thioether (sulfide) groups is 1. The lowest BCUT2D eigenvalue weighted by Crippen LogP contribution is -2.62. The van der Waals surface area contributed by atoms with E-state index in [1.807, 2.05) is 0 Å². The molecule has 0 saturated carbocycles. The van der Waals surface area contributed by atoms with Gasteiger partial charge in [0, 0.05) is 23.4 Å². The minimum Gasteiger partial charge on any atom is -0.348 e. The van der Waals surface area contributed by atoms with Crippen LogP contribution >= 0.6 is 11.8 Å². The topological polar surface area (TPSA) is 113 Å². The predicted molar refractivity (Wildman–Crippen MR) is 117 cm³/mol. The third-order valence-electron chi connectivity index (χ3n) is 5.83. The van der Waals surface area contributed by atoms with Gasteiger partial charge in [-0.3, -0.25) is 34.2 Å². The highest BCUT2D eigenvalue weighted by Gasteiger charge is 2.52. The normalized spacial score (nSPS) is 20.1. The van der Waals surface area contributed by atoms with Gasteiger partial charge in [-0.15, -0.1) is 0 Å². The van der Waals surface area contributed by atoms with Crippen molar-refractivity contribution in [3.63, 3.8) is 0 Å². The maximum absolute atomic E-state index is 13.1. The summed E-state index contributed by atoms with van der Waals surface area (Å²) in [7, 11) is 0. The second-order valence-corrected chi connectivity index (χ2v) is 9.37. The van der Waals surface area contributed by atoms with E-state index in [1.165, 1.54) is 43.3 Å². The highest BCUT2D eigenvalue weighted by molar-refractivity contribution is 8.00. The van der Waals surface area contributed by atoms with Crippen LogP contribution in [-0.4, -0.2) is 45.5 Å². The molecular weight excluding hydrogens is 487 g/mol. The number of carbonyl (C=O) groups is 5. The Labute approximate surface area is 201 Å². The first-order valence-electron chi connectivity index (χ1n) is 10.4. The van der Waals surface area contributed by atoms with E-state index < -0.39 is 40.6 Å². The second kappa shape index (κ2) is 8.84. The summed E-state index contributed by atoms with van der Waals surface area (Å²) in [6, 6.07) is 9.33. The summed E-state index contributed by atoms with van der Waals surface area (Å²) in [6.45, 7) is 1.41. The Morgan fingerprint density at radius 2 is 1.71 bits per heavy atom. The molecular formula is C23H18F3N3O5S. The lowest BCUT2D eigenvalue weighted by atomic mass is 9.89. The van der Waals surface area contributed by atoms with Crippen LogP contribution in [-0.2, 0) is 16.1 Å². The minimum absolute atomic E-state index is 0.00627. The first-order chi connectivity index (χ1) is 16.4. The Kier molecular flexibility index (Phi) is 6.18. The molecule has 182 valence electrons. The SMILES string of the molecule is CC1(N2C(=O)c3ccc(CNC(=O)c4ccc(SC(F)(F)F)cc4)cc3C2=O)CCC(=O)NC1=O. The number of alkyl halides is 3. The summed E-state index contributed by atoms with van der Waals surface area (Å²) in [6.07, 6.45) is -0.00485. The van der Waals surface area contributed by atoms with Crippen LogP contribution in [0, 0.1) is 0 Å². The molecule has 1 unspecified atom stereocenters. The molecule has 0 radical (unpaired) electrons. The summed E-state index contributed by atoms with van der Waals surface area (Å²) >= 11 is -0.283. The molecule has 5 amide bonds. The molecule has 0 aliphatic carbocycles. The van der Waals surface area contributed by atoms with Crippen molar-refractivity contribution in [2.75, 3.05) is 0 Å². The molecule has 2 aliphatic heterocycles. The van der Waals surface area contributed by atoms with E-state index in [2.05, 4.69) is 10.6 Å². The fourth-order valence-corrected chi connectivity index (χ4v) is 4.49. The Hall–Kier alpha value is -3.67. The molecule has 12 heteroatoms. The van der Waals surface area contributed by atoms with Gasteiger partial charge in [-0.2, -0.15) is 13.2 Å². The first kappa shape index (κ1) is 24.5. The number of nitrogens with one attached hydrogen (secondary N) is 2. The van der Waals surface area contributed by atoms with Gasteiger partial charge in [0.1, 0.15) is 5.54 Å². The largest absolute Gasteiger partial charge is 0.446 e. The zero-order valence-electron chi connectivity index (χ0n) is 18.2. The second-order valence-electron chi connectivity index (χ2n) is 8.23. The van der Waals surface area contributed by atoms with Crippen LogP contribution in [0.1, 0.15) is 56.4 Å². The van der Waals surface area contributed by atoms with Crippen LogP contribution in [0.25, 0.3) is 0 Å². The molecule has 0 spiro atoms. The van der Waals surface area contributed by atoms with E-state index in [0.717, 1.165) is 4.90 Å². The van der Waals surface area contributed by atoms with Gasteiger partial charge in [-0.05, 0) is 67.1 Å². The molecule has 2 aliphatic rings. The van der Waals surface area contributed by atoms with Gasteiger partial charge < -0.3 is 5.32 Å². The maximum atomic E-state index is 13.1. The van der Waals surface area contributed by atoms with Crippen molar-refractivity contribution < 1.29 is 37.1 Å². The number of hydrogen-bond acceptors (Lipinski definition) is 6. The average molecular weight is 505 g/mol. The van der Waals surface area contributed by atoms with Gasteiger partial charge in [0.05, 0.1) is 11.1 Å². The number of hydrogen-bond donors (Lipinski definition) is 2. The molecule has 2 aromatic carbocycles.